The van der Waals surface area contributed by atoms with Crippen LogP contribution in [0.15, 0.2) is 26.7 Å². The maximum atomic E-state index is 11.6. The van der Waals surface area contributed by atoms with Gasteiger partial charge in [-0.15, -0.1) is 0 Å². The summed E-state index contributed by atoms with van der Waals surface area (Å²) in [5.41, 5.74) is 0.294. The molecular formula is C8H4BrClN2O2S. The summed E-state index contributed by atoms with van der Waals surface area (Å²) < 4.78 is 5.65. The largest absolute Gasteiger partial charge is 0.452 e. The summed E-state index contributed by atoms with van der Waals surface area (Å²) in [6, 6.07) is 1.50. The molecule has 0 unspecified atom stereocenters. The molecule has 2 rings (SSSR count). The highest BCUT2D eigenvalue weighted by molar-refractivity contribution is 9.11. The third-order valence-electron chi connectivity index (χ3n) is 1.56. The van der Waals surface area contributed by atoms with Crippen molar-refractivity contribution in [2.45, 2.75) is 0 Å². The first-order chi connectivity index (χ1) is 7.16. The van der Waals surface area contributed by atoms with Crippen LogP contribution in [0, 0.1) is 0 Å². The summed E-state index contributed by atoms with van der Waals surface area (Å²) in [5, 5.41) is 3.18. The number of nitrogens with one attached hydrogen (secondary N) is 1. The van der Waals surface area contributed by atoms with Gasteiger partial charge >= 0.3 is 0 Å². The first kappa shape index (κ1) is 10.7. The fraction of sp³-hybridized carbons (Fsp3) is 0. The molecule has 0 radical (unpaired) electrons. The van der Waals surface area contributed by atoms with Gasteiger partial charge in [0.1, 0.15) is 0 Å². The topological polar surface area (TPSA) is 55.1 Å². The number of rotatable bonds is 2. The SMILES string of the molecule is O=C(Nc1ncc(Br)s1)c1ccoc1Cl. The van der Waals surface area contributed by atoms with Crippen LogP contribution in [0.4, 0.5) is 5.13 Å². The summed E-state index contributed by atoms with van der Waals surface area (Å²) in [4.78, 5) is 15.6. The van der Waals surface area contributed by atoms with E-state index in [-0.39, 0.29) is 11.1 Å². The van der Waals surface area contributed by atoms with Crippen molar-refractivity contribution in [3.63, 3.8) is 0 Å². The lowest BCUT2D eigenvalue weighted by atomic mass is 10.3. The minimum Gasteiger partial charge on any atom is -0.452 e. The molecule has 0 fully saturated rings. The molecule has 7 heteroatoms. The van der Waals surface area contributed by atoms with E-state index in [0.717, 1.165) is 3.79 Å². The van der Waals surface area contributed by atoms with E-state index in [9.17, 15) is 4.79 Å². The van der Waals surface area contributed by atoms with E-state index in [4.69, 9.17) is 16.0 Å². The van der Waals surface area contributed by atoms with Gasteiger partial charge < -0.3 is 4.42 Å². The number of hydrogen-bond donors (Lipinski definition) is 1. The number of carbonyl (C=O) groups is 1. The molecule has 1 amide bonds. The van der Waals surface area contributed by atoms with E-state index in [1.54, 1.807) is 6.20 Å². The van der Waals surface area contributed by atoms with Crippen LogP contribution in [0.5, 0.6) is 0 Å². The van der Waals surface area contributed by atoms with Gasteiger partial charge in [-0.25, -0.2) is 4.98 Å². The molecule has 0 saturated heterocycles. The number of halogens is 2. The molecular weight excluding hydrogens is 304 g/mol. The van der Waals surface area contributed by atoms with Gasteiger partial charge in [-0.05, 0) is 33.6 Å². The highest BCUT2D eigenvalue weighted by atomic mass is 79.9. The van der Waals surface area contributed by atoms with Gasteiger partial charge in [-0.3, -0.25) is 10.1 Å². The average Bonchev–Trinajstić information content (AvgIpc) is 2.75. The Kier molecular flexibility index (Phi) is 3.08. The van der Waals surface area contributed by atoms with Crippen LogP contribution in [0.3, 0.4) is 0 Å². The smallest absolute Gasteiger partial charge is 0.262 e. The molecule has 2 aromatic heterocycles. The van der Waals surface area contributed by atoms with E-state index in [2.05, 4.69) is 26.2 Å². The first-order valence-corrected chi connectivity index (χ1v) is 5.81. The van der Waals surface area contributed by atoms with Crippen LogP contribution < -0.4 is 5.32 Å². The van der Waals surface area contributed by atoms with Crippen LogP contribution in [0.2, 0.25) is 5.22 Å². The Balaban J connectivity index is 2.14. The lowest BCUT2D eigenvalue weighted by molar-refractivity contribution is 0.102. The van der Waals surface area contributed by atoms with Crippen molar-refractivity contribution in [2.75, 3.05) is 5.32 Å². The minimum atomic E-state index is -0.337. The van der Waals surface area contributed by atoms with Crippen molar-refractivity contribution >= 4 is 49.9 Å². The van der Waals surface area contributed by atoms with E-state index >= 15 is 0 Å². The lowest BCUT2D eigenvalue weighted by Crippen LogP contribution is -2.10. The quantitative estimate of drug-likeness (QED) is 0.925. The van der Waals surface area contributed by atoms with Gasteiger partial charge in [0, 0.05) is 0 Å². The second-order valence-corrected chi connectivity index (χ2v) is 5.28. The van der Waals surface area contributed by atoms with Gasteiger partial charge in [-0.1, -0.05) is 11.3 Å². The van der Waals surface area contributed by atoms with Gasteiger partial charge in [0.2, 0.25) is 5.22 Å². The van der Waals surface area contributed by atoms with E-state index in [1.807, 2.05) is 0 Å². The first-order valence-electron chi connectivity index (χ1n) is 3.82. The number of nitrogens with zero attached hydrogens (tertiary/aromatic N) is 1. The monoisotopic (exact) mass is 306 g/mol. The number of carbonyl (C=O) groups excluding carboxylic acids is 1. The molecule has 78 valence electrons. The zero-order chi connectivity index (χ0) is 10.8. The fourth-order valence-electron chi connectivity index (χ4n) is 0.932. The van der Waals surface area contributed by atoms with Crippen molar-refractivity contribution in [2.24, 2.45) is 0 Å². The summed E-state index contributed by atoms with van der Waals surface area (Å²) in [6.07, 6.45) is 2.96. The van der Waals surface area contributed by atoms with Gasteiger partial charge in [0.25, 0.3) is 5.91 Å². The maximum Gasteiger partial charge on any atom is 0.262 e. The number of anilines is 1. The summed E-state index contributed by atoms with van der Waals surface area (Å²) in [7, 11) is 0. The number of aromatic nitrogens is 1. The van der Waals surface area contributed by atoms with Crippen LogP contribution in [-0.4, -0.2) is 10.9 Å². The molecule has 0 bridgehead atoms. The molecule has 0 aliphatic carbocycles. The summed E-state index contributed by atoms with van der Waals surface area (Å²) in [5.74, 6) is -0.337. The normalized spacial score (nSPS) is 10.3. The Bertz CT molecular complexity index is 496. The molecule has 0 aliphatic rings. The van der Waals surface area contributed by atoms with Gasteiger partial charge in [-0.2, -0.15) is 0 Å². The van der Waals surface area contributed by atoms with Gasteiger partial charge in [0.05, 0.1) is 21.8 Å². The molecule has 2 aromatic rings. The van der Waals surface area contributed by atoms with Crippen molar-refractivity contribution in [1.29, 1.82) is 0 Å². The number of thiazole rings is 1. The molecule has 4 nitrogen and oxygen atoms in total. The minimum absolute atomic E-state index is 0.0723. The van der Waals surface area contributed by atoms with Crippen molar-refractivity contribution in [1.82, 2.24) is 4.98 Å². The predicted octanol–water partition coefficient (Wildman–Crippen LogP) is 3.40. The third kappa shape index (κ3) is 2.39. The summed E-state index contributed by atoms with van der Waals surface area (Å²) in [6.45, 7) is 0. The second-order valence-electron chi connectivity index (χ2n) is 2.53. The van der Waals surface area contributed by atoms with E-state index in [1.165, 1.54) is 23.7 Å². The Morgan fingerprint density at radius 1 is 1.67 bits per heavy atom. The summed E-state index contributed by atoms with van der Waals surface area (Å²) >= 11 is 10.2. The number of furan rings is 1. The highest BCUT2D eigenvalue weighted by Crippen LogP contribution is 2.24. The Morgan fingerprint density at radius 2 is 2.47 bits per heavy atom. The number of amides is 1. The standard InChI is InChI=1S/C8H4BrClN2O2S/c9-5-3-11-8(15-5)12-7(13)4-1-2-14-6(4)10/h1-3H,(H,11,12,13). The Hall–Kier alpha value is -0.850. The molecule has 15 heavy (non-hydrogen) atoms. The zero-order valence-electron chi connectivity index (χ0n) is 7.16. The van der Waals surface area contributed by atoms with Crippen molar-refractivity contribution < 1.29 is 9.21 Å². The predicted molar refractivity (Wildman–Crippen MR) is 61.5 cm³/mol. The van der Waals surface area contributed by atoms with Gasteiger partial charge in [0.15, 0.2) is 5.13 Å². The average molecular weight is 308 g/mol. The van der Waals surface area contributed by atoms with Crippen LogP contribution in [0.1, 0.15) is 10.4 Å². The van der Waals surface area contributed by atoms with Crippen molar-refractivity contribution in [3.8, 4) is 0 Å². The molecule has 0 aromatic carbocycles. The highest BCUT2D eigenvalue weighted by Gasteiger charge is 2.14. The molecule has 0 spiro atoms. The molecule has 1 N–H and O–H groups in total. The molecule has 2 heterocycles. The second kappa shape index (κ2) is 4.34. The van der Waals surface area contributed by atoms with E-state index in [0.29, 0.717) is 10.7 Å². The Labute approximate surface area is 102 Å². The van der Waals surface area contributed by atoms with Crippen LogP contribution in [-0.2, 0) is 0 Å². The zero-order valence-corrected chi connectivity index (χ0v) is 10.3. The lowest BCUT2D eigenvalue weighted by Gasteiger charge is -1.97. The molecule has 0 saturated carbocycles. The third-order valence-corrected chi connectivity index (χ3v) is 3.24. The van der Waals surface area contributed by atoms with Crippen molar-refractivity contribution in [3.05, 3.63) is 33.1 Å². The maximum absolute atomic E-state index is 11.6. The van der Waals surface area contributed by atoms with Crippen LogP contribution in [0.25, 0.3) is 0 Å². The Morgan fingerprint density at radius 3 is 3.00 bits per heavy atom. The van der Waals surface area contributed by atoms with E-state index < -0.39 is 0 Å². The van der Waals surface area contributed by atoms with Crippen LogP contribution >= 0.6 is 38.9 Å². The molecule has 0 aliphatic heterocycles. The molecule has 0 atom stereocenters. The fourth-order valence-corrected chi connectivity index (χ4v) is 2.23. The number of hydrogen-bond acceptors (Lipinski definition) is 4.